The SMILES string of the molecule is COc1ccc(-c2cc3c(=O)[nH]nc(CC(=O)Nc4ccc(Cl)cc4)n3n2)cc1. The quantitative estimate of drug-likeness (QED) is 0.527. The number of aromatic amines is 1. The van der Waals surface area contributed by atoms with Crippen LogP contribution in [0.5, 0.6) is 5.75 Å². The summed E-state index contributed by atoms with van der Waals surface area (Å²) in [6, 6.07) is 15.7. The van der Waals surface area contributed by atoms with Crippen LogP contribution >= 0.6 is 11.6 Å². The number of rotatable bonds is 5. The number of aromatic nitrogens is 4. The lowest BCUT2D eigenvalue weighted by Crippen LogP contribution is -2.22. The molecule has 0 fully saturated rings. The molecule has 1 amide bonds. The topological polar surface area (TPSA) is 101 Å². The number of carbonyl (C=O) groups excluding carboxylic acids is 1. The number of H-pyrrole nitrogens is 1. The second kappa shape index (κ2) is 7.76. The van der Waals surface area contributed by atoms with E-state index in [1.165, 1.54) is 4.52 Å². The Bertz CT molecular complexity index is 1230. The van der Waals surface area contributed by atoms with Gasteiger partial charge in [0.2, 0.25) is 5.91 Å². The molecule has 0 saturated heterocycles. The number of hydrogen-bond donors (Lipinski definition) is 2. The molecular formula is C20H16ClN5O3. The maximum atomic E-state index is 12.4. The molecule has 29 heavy (non-hydrogen) atoms. The fraction of sp³-hybridized carbons (Fsp3) is 0.100. The summed E-state index contributed by atoms with van der Waals surface area (Å²) < 4.78 is 6.55. The molecule has 0 aliphatic carbocycles. The van der Waals surface area contributed by atoms with Crippen molar-refractivity contribution in [1.29, 1.82) is 0 Å². The smallest absolute Gasteiger partial charge is 0.290 e. The molecule has 0 spiro atoms. The van der Waals surface area contributed by atoms with Gasteiger partial charge in [0.05, 0.1) is 19.2 Å². The lowest BCUT2D eigenvalue weighted by atomic mass is 10.1. The van der Waals surface area contributed by atoms with E-state index in [2.05, 4.69) is 20.6 Å². The Kier molecular flexibility index (Phi) is 5.01. The Morgan fingerprint density at radius 2 is 1.90 bits per heavy atom. The van der Waals surface area contributed by atoms with Crippen molar-refractivity contribution < 1.29 is 9.53 Å². The van der Waals surface area contributed by atoms with Crippen LogP contribution in [0.4, 0.5) is 5.69 Å². The van der Waals surface area contributed by atoms with Crippen molar-refractivity contribution in [2.75, 3.05) is 12.4 Å². The highest BCUT2D eigenvalue weighted by Gasteiger charge is 2.15. The number of hydrogen-bond acceptors (Lipinski definition) is 5. The minimum atomic E-state index is -0.390. The van der Waals surface area contributed by atoms with Gasteiger partial charge >= 0.3 is 0 Å². The zero-order chi connectivity index (χ0) is 20.4. The van der Waals surface area contributed by atoms with Crippen LogP contribution in [0.3, 0.4) is 0 Å². The van der Waals surface area contributed by atoms with Crippen LogP contribution in [0.15, 0.2) is 59.4 Å². The number of nitrogens with zero attached hydrogens (tertiary/aromatic N) is 3. The molecule has 4 aromatic rings. The predicted octanol–water partition coefficient (Wildman–Crippen LogP) is 2.93. The fourth-order valence-electron chi connectivity index (χ4n) is 2.86. The first-order chi connectivity index (χ1) is 14.0. The lowest BCUT2D eigenvalue weighted by Gasteiger charge is -2.06. The summed E-state index contributed by atoms with van der Waals surface area (Å²) in [4.78, 5) is 24.6. The van der Waals surface area contributed by atoms with E-state index in [1.54, 1.807) is 37.4 Å². The molecule has 0 aliphatic heterocycles. The number of halogens is 1. The second-order valence-electron chi connectivity index (χ2n) is 6.26. The number of amides is 1. The van der Waals surface area contributed by atoms with Crippen molar-refractivity contribution in [3.8, 4) is 17.0 Å². The van der Waals surface area contributed by atoms with Crippen LogP contribution in [-0.2, 0) is 11.2 Å². The predicted molar refractivity (Wildman–Crippen MR) is 109 cm³/mol. The highest BCUT2D eigenvalue weighted by molar-refractivity contribution is 6.30. The number of anilines is 1. The van der Waals surface area contributed by atoms with Crippen molar-refractivity contribution in [2.45, 2.75) is 6.42 Å². The Labute approximate surface area is 170 Å². The van der Waals surface area contributed by atoms with E-state index in [4.69, 9.17) is 16.3 Å². The maximum Gasteiger partial charge on any atom is 0.290 e. The van der Waals surface area contributed by atoms with E-state index < -0.39 is 0 Å². The van der Waals surface area contributed by atoms with E-state index in [9.17, 15) is 9.59 Å². The molecule has 0 unspecified atom stereocenters. The molecule has 2 heterocycles. The van der Waals surface area contributed by atoms with Gasteiger partial charge in [0.15, 0.2) is 5.82 Å². The van der Waals surface area contributed by atoms with Gasteiger partial charge in [-0.1, -0.05) is 11.6 Å². The van der Waals surface area contributed by atoms with Gasteiger partial charge < -0.3 is 10.1 Å². The van der Waals surface area contributed by atoms with Gasteiger partial charge in [-0.15, -0.1) is 0 Å². The van der Waals surface area contributed by atoms with Crippen molar-refractivity contribution in [1.82, 2.24) is 19.8 Å². The summed E-state index contributed by atoms with van der Waals surface area (Å²) in [5.74, 6) is 0.733. The summed E-state index contributed by atoms with van der Waals surface area (Å²) >= 11 is 5.85. The van der Waals surface area contributed by atoms with E-state index >= 15 is 0 Å². The molecule has 2 N–H and O–H groups in total. The Hall–Kier alpha value is -3.65. The molecule has 4 rings (SSSR count). The largest absolute Gasteiger partial charge is 0.497 e. The van der Waals surface area contributed by atoms with E-state index in [0.29, 0.717) is 27.7 Å². The van der Waals surface area contributed by atoms with E-state index in [0.717, 1.165) is 11.3 Å². The molecule has 2 aromatic carbocycles. The van der Waals surface area contributed by atoms with Gasteiger partial charge in [0.25, 0.3) is 5.56 Å². The number of benzene rings is 2. The highest BCUT2D eigenvalue weighted by atomic mass is 35.5. The third kappa shape index (κ3) is 3.97. The Balaban J connectivity index is 1.63. The van der Waals surface area contributed by atoms with E-state index in [1.807, 2.05) is 24.3 Å². The molecule has 0 radical (unpaired) electrons. The molecule has 0 aliphatic rings. The number of carbonyl (C=O) groups is 1. The molecule has 2 aromatic heterocycles. The van der Waals surface area contributed by atoms with Crippen LogP contribution in [-0.4, -0.2) is 32.8 Å². The third-order valence-corrected chi connectivity index (χ3v) is 4.56. The standard InChI is InChI=1S/C20H16ClN5O3/c1-29-15-8-2-12(3-9-15)16-10-17-20(28)24-23-18(26(17)25-16)11-19(27)22-14-6-4-13(21)5-7-14/h2-10H,11H2,1H3,(H,22,27)(H,24,28). The van der Waals surface area contributed by atoms with Crippen molar-refractivity contribution in [2.24, 2.45) is 0 Å². The highest BCUT2D eigenvalue weighted by Crippen LogP contribution is 2.22. The van der Waals surface area contributed by atoms with Gasteiger partial charge in [-0.05, 0) is 54.6 Å². The first-order valence-corrected chi connectivity index (χ1v) is 9.08. The Morgan fingerprint density at radius 3 is 2.59 bits per heavy atom. The van der Waals surface area contributed by atoms with Gasteiger partial charge in [0, 0.05) is 16.3 Å². The van der Waals surface area contributed by atoms with Crippen molar-refractivity contribution >= 4 is 28.7 Å². The number of ether oxygens (including phenoxy) is 1. The van der Waals surface area contributed by atoms with Crippen molar-refractivity contribution in [3.05, 3.63) is 75.8 Å². The third-order valence-electron chi connectivity index (χ3n) is 4.31. The molecular weight excluding hydrogens is 394 g/mol. The summed E-state index contributed by atoms with van der Waals surface area (Å²) in [6.45, 7) is 0. The first-order valence-electron chi connectivity index (χ1n) is 8.70. The zero-order valence-electron chi connectivity index (χ0n) is 15.3. The first kappa shape index (κ1) is 18.7. The van der Waals surface area contributed by atoms with E-state index in [-0.39, 0.29) is 17.9 Å². The second-order valence-corrected chi connectivity index (χ2v) is 6.69. The molecule has 146 valence electrons. The fourth-order valence-corrected chi connectivity index (χ4v) is 2.98. The number of nitrogens with one attached hydrogen (secondary N) is 2. The number of methoxy groups -OCH3 is 1. The minimum Gasteiger partial charge on any atom is -0.497 e. The van der Waals surface area contributed by atoms with Gasteiger partial charge in [-0.2, -0.15) is 10.2 Å². The van der Waals surface area contributed by atoms with Crippen LogP contribution in [0.25, 0.3) is 16.8 Å². The summed E-state index contributed by atoms with van der Waals surface area (Å²) in [5, 5.41) is 14.2. The molecule has 0 atom stereocenters. The van der Waals surface area contributed by atoms with Gasteiger partial charge in [0.1, 0.15) is 11.3 Å². The molecule has 0 saturated carbocycles. The summed E-state index contributed by atoms with van der Waals surface area (Å²) in [6.07, 6.45) is -0.0698. The minimum absolute atomic E-state index is 0.0698. The molecule has 9 heteroatoms. The monoisotopic (exact) mass is 409 g/mol. The van der Waals surface area contributed by atoms with Crippen LogP contribution in [0, 0.1) is 0 Å². The molecule has 0 bridgehead atoms. The Morgan fingerprint density at radius 1 is 1.17 bits per heavy atom. The zero-order valence-corrected chi connectivity index (χ0v) is 16.1. The van der Waals surface area contributed by atoms with Gasteiger partial charge in [-0.25, -0.2) is 9.61 Å². The summed E-state index contributed by atoms with van der Waals surface area (Å²) in [7, 11) is 1.59. The molecule has 8 nitrogen and oxygen atoms in total. The van der Waals surface area contributed by atoms with Gasteiger partial charge in [-0.3, -0.25) is 9.59 Å². The average molecular weight is 410 g/mol. The average Bonchev–Trinajstić information content (AvgIpc) is 3.18. The van der Waals surface area contributed by atoms with Crippen LogP contribution in [0.2, 0.25) is 5.02 Å². The normalized spacial score (nSPS) is 10.8. The number of fused-ring (bicyclic) bond motifs is 1. The van der Waals surface area contributed by atoms with Crippen LogP contribution < -0.4 is 15.6 Å². The maximum absolute atomic E-state index is 12.4. The van der Waals surface area contributed by atoms with Crippen molar-refractivity contribution in [3.63, 3.8) is 0 Å². The lowest BCUT2D eigenvalue weighted by molar-refractivity contribution is -0.115. The van der Waals surface area contributed by atoms with Crippen LogP contribution in [0.1, 0.15) is 5.82 Å². The summed E-state index contributed by atoms with van der Waals surface area (Å²) in [5.41, 5.74) is 1.93.